The first kappa shape index (κ1) is 12.0. The van der Waals surface area contributed by atoms with Gasteiger partial charge < -0.3 is 14.4 Å². The van der Waals surface area contributed by atoms with Gasteiger partial charge in [0.25, 0.3) is 5.78 Å². The molecule has 2 heterocycles. The lowest BCUT2D eigenvalue weighted by molar-refractivity contribution is -0.131. The van der Waals surface area contributed by atoms with Gasteiger partial charge in [-0.15, -0.1) is 0 Å². The number of ether oxygens (including phenoxy) is 1. The molecule has 1 aliphatic heterocycles. The van der Waals surface area contributed by atoms with Gasteiger partial charge in [0.05, 0.1) is 12.7 Å². The Balaban J connectivity index is 2.22. The lowest BCUT2D eigenvalue weighted by Gasteiger charge is -2.06. The van der Waals surface area contributed by atoms with Crippen molar-refractivity contribution in [3.63, 3.8) is 0 Å². The van der Waals surface area contributed by atoms with Crippen molar-refractivity contribution in [3.8, 4) is 0 Å². The van der Waals surface area contributed by atoms with Crippen LogP contribution in [0.2, 0.25) is 0 Å². The number of aromatic nitrogens is 1. The maximum atomic E-state index is 11.8. The monoisotopic (exact) mass is 263 g/mol. The molecule has 1 aromatic rings. The minimum Gasteiger partial charge on any atom is -0.475 e. The standard InChI is InChI=1S/C13H13NO5/c1-5-8(11(15)12(16)17)10-7-3-6(7)4-14(10)9(5)13(18)19-2/h6-7H,3-4H2,1-2H3,(H,16,17). The van der Waals surface area contributed by atoms with E-state index in [1.807, 2.05) is 0 Å². The third-order valence-electron chi connectivity index (χ3n) is 4.04. The number of carbonyl (C=O) groups is 3. The molecule has 2 atom stereocenters. The number of hydrogen-bond donors (Lipinski definition) is 1. The molecule has 1 aliphatic carbocycles. The van der Waals surface area contributed by atoms with Crippen LogP contribution in [0.1, 0.15) is 44.4 Å². The fourth-order valence-electron chi connectivity index (χ4n) is 3.12. The number of esters is 1. The molecule has 100 valence electrons. The number of aliphatic carboxylic acids is 1. The molecule has 0 bridgehead atoms. The van der Waals surface area contributed by atoms with Gasteiger partial charge in [0, 0.05) is 18.2 Å². The highest BCUT2D eigenvalue weighted by Gasteiger charge is 2.51. The molecule has 0 spiro atoms. The van der Waals surface area contributed by atoms with E-state index in [1.54, 1.807) is 11.5 Å². The molecule has 6 heteroatoms. The molecule has 0 radical (unpaired) electrons. The lowest BCUT2D eigenvalue weighted by Crippen LogP contribution is -2.15. The molecule has 0 saturated heterocycles. The van der Waals surface area contributed by atoms with Gasteiger partial charge in [-0.1, -0.05) is 0 Å². The summed E-state index contributed by atoms with van der Waals surface area (Å²) in [6.07, 6.45) is 0.962. The zero-order chi connectivity index (χ0) is 13.9. The van der Waals surface area contributed by atoms with Crippen LogP contribution in [0.4, 0.5) is 0 Å². The van der Waals surface area contributed by atoms with Gasteiger partial charge in [-0.3, -0.25) is 4.79 Å². The molecular weight excluding hydrogens is 250 g/mol. The molecule has 6 nitrogen and oxygen atoms in total. The molecule has 0 aromatic carbocycles. The summed E-state index contributed by atoms with van der Waals surface area (Å²) in [5.74, 6) is -2.31. The molecule has 2 aliphatic rings. The van der Waals surface area contributed by atoms with Crippen molar-refractivity contribution < 1.29 is 24.2 Å². The topological polar surface area (TPSA) is 85.6 Å². The number of carbonyl (C=O) groups excluding carboxylic acids is 2. The Labute approximate surface area is 109 Å². The Hall–Kier alpha value is -2.11. The van der Waals surface area contributed by atoms with Gasteiger partial charge in [0.1, 0.15) is 5.69 Å². The normalized spacial score (nSPS) is 22.6. The molecule has 19 heavy (non-hydrogen) atoms. The van der Waals surface area contributed by atoms with Crippen molar-refractivity contribution in [2.45, 2.75) is 25.8 Å². The Morgan fingerprint density at radius 2 is 2.05 bits per heavy atom. The highest BCUT2D eigenvalue weighted by Crippen LogP contribution is 2.56. The Morgan fingerprint density at radius 3 is 2.63 bits per heavy atom. The van der Waals surface area contributed by atoms with Crippen LogP contribution in [0.5, 0.6) is 0 Å². The van der Waals surface area contributed by atoms with E-state index < -0.39 is 17.7 Å². The summed E-state index contributed by atoms with van der Waals surface area (Å²) in [4.78, 5) is 34.6. The van der Waals surface area contributed by atoms with E-state index in [0.717, 1.165) is 6.42 Å². The second kappa shape index (κ2) is 3.69. The van der Waals surface area contributed by atoms with Crippen LogP contribution in [0.15, 0.2) is 0 Å². The SMILES string of the molecule is COC(=O)c1c(C)c(C(=O)C(=O)O)c2n1CC1CC21. The predicted octanol–water partition coefficient (Wildman–Crippen LogP) is 0.968. The number of fused-ring (bicyclic) bond motifs is 3. The number of methoxy groups -OCH3 is 1. The molecule has 1 saturated carbocycles. The Morgan fingerprint density at radius 1 is 1.37 bits per heavy atom. The zero-order valence-corrected chi connectivity index (χ0v) is 10.6. The van der Waals surface area contributed by atoms with Crippen molar-refractivity contribution in [2.75, 3.05) is 7.11 Å². The average molecular weight is 263 g/mol. The Kier molecular flexibility index (Phi) is 2.32. The maximum absolute atomic E-state index is 11.8. The van der Waals surface area contributed by atoms with Crippen molar-refractivity contribution in [3.05, 3.63) is 22.5 Å². The van der Waals surface area contributed by atoms with Crippen molar-refractivity contribution in [2.24, 2.45) is 5.92 Å². The van der Waals surface area contributed by atoms with Crippen LogP contribution in [-0.2, 0) is 16.1 Å². The molecule has 3 rings (SSSR count). The second-order valence-corrected chi connectivity index (χ2v) is 5.07. The third-order valence-corrected chi connectivity index (χ3v) is 4.04. The molecule has 1 aromatic heterocycles. The summed E-state index contributed by atoms with van der Waals surface area (Å²) >= 11 is 0. The summed E-state index contributed by atoms with van der Waals surface area (Å²) in [5.41, 5.74) is 1.61. The highest BCUT2D eigenvalue weighted by molar-refractivity contribution is 6.40. The Bertz CT molecular complexity index is 627. The first-order valence-electron chi connectivity index (χ1n) is 6.06. The zero-order valence-electron chi connectivity index (χ0n) is 10.6. The fraction of sp³-hybridized carbons (Fsp3) is 0.462. The number of carboxylic acid groups (broad SMARTS) is 1. The quantitative estimate of drug-likeness (QED) is 0.499. The lowest BCUT2D eigenvalue weighted by atomic mass is 10.0. The van der Waals surface area contributed by atoms with Gasteiger partial charge in [-0.05, 0) is 24.8 Å². The minimum absolute atomic E-state index is 0.179. The number of hydrogen-bond acceptors (Lipinski definition) is 4. The largest absolute Gasteiger partial charge is 0.475 e. The van der Waals surface area contributed by atoms with Crippen molar-refractivity contribution in [1.82, 2.24) is 4.57 Å². The maximum Gasteiger partial charge on any atom is 0.377 e. The van der Waals surface area contributed by atoms with Crippen LogP contribution < -0.4 is 0 Å². The van der Waals surface area contributed by atoms with E-state index in [4.69, 9.17) is 9.84 Å². The van der Waals surface area contributed by atoms with Crippen LogP contribution in [0.25, 0.3) is 0 Å². The summed E-state index contributed by atoms with van der Waals surface area (Å²) in [7, 11) is 1.27. The first-order chi connectivity index (χ1) is 8.97. The summed E-state index contributed by atoms with van der Waals surface area (Å²) in [6.45, 7) is 2.27. The highest BCUT2D eigenvalue weighted by atomic mass is 16.5. The van der Waals surface area contributed by atoms with E-state index in [0.29, 0.717) is 29.4 Å². The van der Waals surface area contributed by atoms with Crippen LogP contribution in [0.3, 0.4) is 0 Å². The van der Waals surface area contributed by atoms with Gasteiger partial charge in [-0.25, -0.2) is 9.59 Å². The number of Topliss-reactive ketones (excluding diaryl/α,β-unsaturated/α-hetero) is 1. The number of nitrogens with zero attached hydrogens (tertiary/aromatic N) is 1. The van der Waals surface area contributed by atoms with Crippen LogP contribution >= 0.6 is 0 Å². The predicted molar refractivity (Wildman–Crippen MR) is 63.3 cm³/mol. The van der Waals surface area contributed by atoms with Crippen molar-refractivity contribution >= 4 is 17.7 Å². The van der Waals surface area contributed by atoms with Crippen molar-refractivity contribution in [1.29, 1.82) is 0 Å². The second-order valence-electron chi connectivity index (χ2n) is 5.07. The summed E-state index contributed by atoms with van der Waals surface area (Å²) in [5, 5.41) is 8.92. The molecule has 1 fully saturated rings. The van der Waals surface area contributed by atoms with Gasteiger partial charge in [0.2, 0.25) is 0 Å². The minimum atomic E-state index is -1.49. The molecular formula is C13H13NO5. The molecule has 2 unspecified atom stereocenters. The molecule has 0 amide bonds. The van der Waals surface area contributed by atoms with E-state index in [1.165, 1.54) is 7.11 Å². The molecule has 1 N–H and O–H groups in total. The van der Waals surface area contributed by atoms with E-state index >= 15 is 0 Å². The summed E-state index contributed by atoms with van der Waals surface area (Å²) in [6, 6.07) is 0. The van der Waals surface area contributed by atoms with E-state index in [-0.39, 0.29) is 11.5 Å². The van der Waals surface area contributed by atoms with Gasteiger partial charge in [0.15, 0.2) is 0 Å². The third kappa shape index (κ3) is 1.46. The smallest absolute Gasteiger partial charge is 0.377 e. The average Bonchev–Trinajstić information content (AvgIpc) is 2.95. The fourth-order valence-corrected chi connectivity index (χ4v) is 3.12. The number of ketones is 1. The van der Waals surface area contributed by atoms with Crippen LogP contribution in [0, 0.1) is 12.8 Å². The van der Waals surface area contributed by atoms with E-state index in [9.17, 15) is 14.4 Å². The number of rotatable bonds is 3. The van der Waals surface area contributed by atoms with Crippen LogP contribution in [-0.4, -0.2) is 34.5 Å². The number of carboxylic acids is 1. The first-order valence-corrected chi connectivity index (χ1v) is 6.06. The van der Waals surface area contributed by atoms with Gasteiger partial charge >= 0.3 is 11.9 Å². The van der Waals surface area contributed by atoms with Gasteiger partial charge in [-0.2, -0.15) is 0 Å². The van der Waals surface area contributed by atoms with E-state index in [2.05, 4.69) is 0 Å². The summed E-state index contributed by atoms with van der Waals surface area (Å²) < 4.78 is 6.49.